The van der Waals surface area contributed by atoms with Gasteiger partial charge in [0.25, 0.3) is 0 Å². The Morgan fingerprint density at radius 1 is 0.952 bits per heavy atom. The molecule has 0 aliphatic rings. The maximum Gasteiger partial charge on any atom is 0.328 e. The predicted octanol–water partition coefficient (Wildman–Crippen LogP) is 2.11. The third kappa shape index (κ3) is 3.19. The maximum atomic E-state index is 11.2. The first-order chi connectivity index (χ1) is 10.2. The number of carbonyl (C=O) groups is 1. The summed E-state index contributed by atoms with van der Waals surface area (Å²) in [6.45, 7) is 0. The standard InChI is InChI=1S/C14H14N2O5/c1-18-10-5-4-6-11(9(10)8-17)21-14-15-12(19-2)7-13(16-14)20-3/h4-8H,1-3H3. The quantitative estimate of drug-likeness (QED) is 0.754. The molecule has 0 N–H and O–H groups in total. The van der Waals surface area contributed by atoms with Crippen molar-refractivity contribution >= 4 is 6.29 Å². The lowest BCUT2D eigenvalue weighted by Gasteiger charge is -2.10. The minimum Gasteiger partial charge on any atom is -0.496 e. The van der Waals surface area contributed by atoms with Crippen molar-refractivity contribution < 1.29 is 23.7 Å². The summed E-state index contributed by atoms with van der Waals surface area (Å²) in [4.78, 5) is 19.3. The summed E-state index contributed by atoms with van der Waals surface area (Å²) in [6.07, 6.45) is 0.644. The molecule has 0 amide bonds. The Bertz CT molecular complexity index is 623. The fourth-order valence-corrected chi connectivity index (χ4v) is 1.64. The minimum absolute atomic E-state index is 0.00236. The van der Waals surface area contributed by atoms with Gasteiger partial charge in [0.05, 0.1) is 33.0 Å². The van der Waals surface area contributed by atoms with Gasteiger partial charge in [0.15, 0.2) is 6.29 Å². The van der Waals surface area contributed by atoms with Crippen LogP contribution in [0.4, 0.5) is 0 Å². The summed E-state index contributed by atoms with van der Waals surface area (Å²) in [7, 11) is 4.40. The Morgan fingerprint density at radius 2 is 1.57 bits per heavy atom. The third-order valence-corrected chi connectivity index (χ3v) is 2.64. The van der Waals surface area contributed by atoms with Crippen molar-refractivity contribution in [2.24, 2.45) is 0 Å². The van der Waals surface area contributed by atoms with Gasteiger partial charge in [0.1, 0.15) is 11.5 Å². The van der Waals surface area contributed by atoms with Crippen molar-refractivity contribution in [3.05, 3.63) is 29.8 Å². The Hall–Kier alpha value is -2.83. The predicted molar refractivity (Wildman–Crippen MR) is 73.6 cm³/mol. The molecule has 0 aliphatic heterocycles. The van der Waals surface area contributed by atoms with Crippen LogP contribution in [-0.4, -0.2) is 37.6 Å². The topological polar surface area (TPSA) is 79.8 Å². The molecule has 110 valence electrons. The second kappa shape index (κ2) is 6.56. The van der Waals surface area contributed by atoms with E-state index in [0.29, 0.717) is 12.0 Å². The minimum atomic E-state index is 0.00236. The molecule has 1 heterocycles. The first-order valence-electron chi connectivity index (χ1n) is 5.99. The van der Waals surface area contributed by atoms with Crippen LogP contribution < -0.4 is 18.9 Å². The van der Waals surface area contributed by atoms with Crippen molar-refractivity contribution in [3.63, 3.8) is 0 Å². The molecule has 0 bridgehead atoms. The summed E-state index contributed by atoms with van der Waals surface area (Å²) in [6, 6.07) is 6.48. The number of aromatic nitrogens is 2. The number of benzene rings is 1. The Morgan fingerprint density at radius 3 is 2.10 bits per heavy atom. The van der Waals surface area contributed by atoms with Crippen LogP contribution in [0.5, 0.6) is 29.3 Å². The number of methoxy groups -OCH3 is 3. The molecule has 0 fully saturated rings. The van der Waals surface area contributed by atoms with Crippen molar-refractivity contribution in [3.8, 4) is 29.3 Å². The highest BCUT2D eigenvalue weighted by molar-refractivity contribution is 5.83. The molecule has 0 radical (unpaired) electrons. The summed E-state index contributed by atoms with van der Waals surface area (Å²) in [5.74, 6) is 1.25. The molecule has 0 aliphatic carbocycles. The van der Waals surface area contributed by atoms with Gasteiger partial charge in [0, 0.05) is 0 Å². The van der Waals surface area contributed by atoms with Gasteiger partial charge < -0.3 is 18.9 Å². The lowest BCUT2D eigenvalue weighted by molar-refractivity contribution is 0.111. The van der Waals surface area contributed by atoms with E-state index in [4.69, 9.17) is 18.9 Å². The van der Waals surface area contributed by atoms with E-state index in [1.165, 1.54) is 27.4 Å². The van der Waals surface area contributed by atoms with Gasteiger partial charge in [-0.3, -0.25) is 4.79 Å². The van der Waals surface area contributed by atoms with E-state index in [1.807, 2.05) is 0 Å². The Labute approximate surface area is 121 Å². The molecule has 0 saturated carbocycles. The van der Waals surface area contributed by atoms with E-state index in [-0.39, 0.29) is 29.1 Å². The van der Waals surface area contributed by atoms with E-state index in [2.05, 4.69) is 9.97 Å². The van der Waals surface area contributed by atoms with Crippen LogP contribution in [0.2, 0.25) is 0 Å². The third-order valence-electron chi connectivity index (χ3n) is 2.64. The summed E-state index contributed by atoms with van der Waals surface area (Å²) < 4.78 is 20.7. The second-order valence-electron chi connectivity index (χ2n) is 3.83. The van der Waals surface area contributed by atoms with Crippen LogP contribution in [0, 0.1) is 0 Å². The van der Waals surface area contributed by atoms with Crippen LogP contribution in [0.15, 0.2) is 24.3 Å². The van der Waals surface area contributed by atoms with E-state index in [0.717, 1.165) is 0 Å². The van der Waals surface area contributed by atoms with Gasteiger partial charge in [-0.15, -0.1) is 0 Å². The van der Waals surface area contributed by atoms with Crippen LogP contribution in [-0.2, 0) is 0 Å². The van der Waals surface area contributed by atoms with Gasteiger partial charge in [-0.2, -0.15) is 9.97 Å². The van der Waals surface area contributed by atoms with Gasteiger partial charge in [-0.25, -0.2) is 0 Å². The first-order valence-corrected chi connectivity index (χ1v) is 5.99. The lowest BCUT2D eigenvalue weighted by Crippen LogP contribution is -2.00. The smallest absolute Gasteiger partial charge is 0.328 e. The zero-order valence-corrected chi connectivity index (χ0v) is 11.8. The molecule has 1 aromatic carbocycles. The number of hydrogen-bond acceptors (Lipinski definition) is 7. The first kappa shape index (κ1) is 14.6. The summed E-state index contributed by atoms with van der Waals surface area (Å²) in [5, 5.41) is 0. The molecule has 0 unspecified atom stereocenters. The van der Waals surface area contributed by atoms with Crippen molar-refractivity contribution in [1.29, 1.82) is 0 Å². The van der Waals surface area contributed by atoms with Crippen LogP contribution >= 0.6 is 0 Å². The average Bonchev–Trinajstić information content (AvgIpc) is 2.54. The van der Waals surface area contributed by atoms with Gasteiger partial charge in [-0.1, -0.05) is 6.07 Å². The second-order valence-corrected chi connectivity index (χ2v) is 3.83. The Balaban J connectivity index is 2.40. The molecule has 1 aromatic heterocycles. The number of hydrogen-bond donors (Lipinski definition) is 0. The fraction of sp³-hybridized carbons (Fsp3) is 0.214. The van der Waals surface area contributed by atoms with Crippen LogP contribution in [0.25, 0.3) is 0 Å². The van der Waals surface area contributed by atoms with Crippen LogP contribution in [0.3, 0.4) is 0 Å². The highest BCUT2D eigenvalue weighted by Crippen LogP contribution is 2.30. The van der Waals surface area contributed by atoms with Crippen LogP contribution in [0.1, 0.15) is 10.4 Å². The fourth-order valence-electron chi connectivity index (χ4n) is 1.64. The molecule has 0 saturated heterocycles. The van der Waals surface area contributed by atoms with E-state index >= 15 is 0 Å². The largest absolute Gasteiger partial charge is 0.496 e. The summed E-state index contributed by atoms with van der Waals surface area (Å²) >= 11 is 0. The van der Waals surface area contributed by atoms with E-state index in [9.17, 15) is 4.79 Å². The highest BCUT2D eigenvalue weighted by Gasteiger charge is 2.13. The molecule has 7 heteroatoms. The number of ether oxygens (including phenoxy) is 4. The van der Waals surface area contributed by atoms with Gasteiger partial charge in [-0.05, 0) is 12.1 Å². The maximum absolute atomic E-state index is 11.2. The molecule has 7 nitrogen and oxygen atoms in total. The number of nitrogens with zero attached hydrogens (tertiary/aromatic N) is 2. The monoisotopic (exact) mass is 290 g/mol. The summed E-state index contributed by atoms with van der Waals surface area (Å²) in [5.41, 5.74) is 0.269. The van der Waals surface area contributed by atoms with Crippen molar-refractivity contribution in [2.45, 2.75) is 0 Å². The molecular weight excluding hydrogens is 276 g/mol. The van der Waals surface area contributed by atoms with Crippen molar-refractivity contribution in [1.82, 2.24) is 9.97 Å². The zero-order chi connectivity index (χ0) is 15.2. The number of carbonyl (C=O) groups excluding carboxylic acids is 1. The van der Waals surface area contributed by atoms with Crippen molar-refractivity contribution in [2.75, 3.05) is 21.3 Å². The SMILES string of the molecule is COc1cc(OC)nc(Oc2cccc(OC)c2C=O)n1. The van der Waals surface area contributed by atoms with E-state index < -0.39 is 0 Å². The molecule has 2 rings (SSSR count). The number of aldehydes is 1. The normalized spacial score (nSPS) is 9.86. The molecule has 0 spiro atoms. The molecule has 0 atom stereocenters. The highest BCUT2D eigenvalue weighted by atomic mass is 16.5. The molecular formula is C14H14N2O5. The molecule has 21 heavy (non-hydrogen) atoms. The lowest BCUT2D eigenvalue weighted by atomic mass is 10.2. The number of rotatable bonds is 6. The van der Waals surface area contributed by atoms with E-state index in [1.54, 1.807) is 18.2 Å². The molecule has 2 aromatic rings. The zero-order valence-electron chi connectivity index (χ0n) is 11.8. The average molecular weight is 290 g/mol. The van der Waals surface area contributed by atoms with Gasteiger partial charge >= 0.3 is 6.01 Å². The van der Waals surface area contributed by atoms with Gasteiger partial charge in [0.2, 0.25) is 11.8 Å². The Kier molecular flexibility index (Phi) is 4.55.